The summed E-state index contributed by atoms with van der Waals surface area (Å²) in [6, 6.07) is 0. The Morgan fingerprint density at radius 2 is 2.12 bits per heavy atom. The molecule has 1 aromatic rings. The van der Waals surface area contributed by atoms with Gasteiger partial charge in [-0.05, 0) is 28.8 Å². The summed E-state index contributed by atoms with van der Waals surface area (Å²) in [5, 5.41) is 0. The molecule has 0 radical (unpaired) electrons. The summed E-state index contributed by atoms with van der Waals surface area (Å²) in [4.78, 5) is 10.7. The van der Waals surface area contributed by atoms with Crippen LogP contribution in [0.15, 0.2) is 10.7 Å². The number of rotatable bonds is 2. The number of fused-ring (bicyclic) bond motifs is 2. The molecule has 2 unspecified atom stereocenters. The summed E-state index contributed by atoms with van der Waals surface area (Å²) in [7, 11) is 0. The Balaban J connectivity index is 1.88. The molecule has 2 saturated heterocycles. The van der Waals surface area contributed by atoms with Gasteiger partial charge in [0.05, 0.1) is 16.7 Å². The third-order valence-electron chi connectivity index (χ3n) is 3.20. The van der Waals surface area contributed by atoms with Crippen molar-refractivity contribution in [3.63, 3.8) is 0 Å². The van der Waals surface area contributed by atoms with Crippen molar-refractivity contribution < 1.29 is 4.74 Å². The van der Waals surface area contributed by atoms with Crippen LogP contribution in [0, 0.1) is 0 Å². The molecule has 2 bridgehead atoms. The Hall–Kier alpha value is -0.920. The molecule has 0 saturated carbocycles. The van der Waals surface area contributed by atoms with E-state index in [2.05, 4.69) is 36.2 Å². The molecule has 3 heterocycles. The Morgan fingerprint density at radius 3 is 2.76 bits per heavy atom. The molecule has 2 fully saturated rings. The van der Waals surface area contributed by atoms with E-state index >= 15 is 0 Å². The van der Waals surface area contributed by atoms with Crippen molar-refractivity contribution in [1.29, 1.82) is 0 Å². The highest BCUT2D eigenvalue weighted by molar-refractivity contribution is 9.10. The maximum absolute atomic E-state index is 5.80. The van der Waals surface area contributed by atoms with Crippen LogP contribution >= 0.6 is 15.9 Å². The highest BCUT2D eigenvalue weighted by atomic mass is 79.9. The maximum atomic E-state index is 5.80. The SMILES string of the molecule is NNc1ncc(Br)c(N2CC3CCC(C2)O3)n1. The lowest BCUT2D eigenvalue weighted by Gasteiger charge is -2.33. The fraction of sp³-hybridized carbons (Fsp3) is 0.600. The first kappa shape index (κ1) is 11.2. The maximum Gasteiger partial charge on any atom is 0.239 e. The Labute approximate surface area is 108 Å². The fourth-order valence-corrected chi connectivity index (χ4v) is 2.88. The summed E-state index contributed by atoms with van der Waals surface area (Å²) in [5.74, 6) is 6.65. The van der Waals surface area contributed by atoms with Gasteiger partial charge < -0.3 is 9.64 Å². The van der Waals surface area contributed by atoms with E-state index in [0.29, 0.717) is 18.2 Å². The molecule has 17 heavy (non-hydrogen) atoms. The van der Waals surface area contributed by atoms with Gasteiger partial charge in [-0.3, -0.25) is 5.43 Å². The van der Waals surface area contributed by atoms with E-state index in [-0.39, 0.29) is 0 Å². The van der Waals surface area contributed by atoms with Gasteiger partial charge in [0.2, 0.25) is 5.95 Å². The summed E-state index contributed by atoms with van der Waals surface area (Å²) < 4.78 is 6.69. The molecule has 0 aliphatic carbocycles. The predicted octanol–water partition coefficient (Wildman–Crippen LogP) is 0.892. The molecule has 3 rings (SSSR count). The van der Waals surface area contributed by atoms with Gasteiger partial charge in [-0.25, -0.2) is 10.8 Å². The smallest absolute Gasteiger partial charge is 0.239 e. The number of ether oxygens (including phenoxy) is 1. The molecule has 6 nitrogen and oxygen atoms in total. The third-order valence-corrected chi connectivity index (χ3v) is 3.76. The van der Waals surface area contributed by atoms with Crippen LogP contribution < -0.4 is 16.2 Å². The second-order valence-electron chi connectivity index (χ2n) is 4.37. The lowest BCUT2D eigenvalue weighted by molar-refractivity contribution is 0.0302. The normalized spacial score (nSPS) is 27.3. The molecule has 2 atom stereocenters. The number of hydrogen-bond acceptors (Lipinski definition) is 6. The molecule has 7 heteroatoms. The Kier molecular flexibility index (Phi) is 2.89. The minimum Gasteiger partial charge on any atom is -0.371 e. The van der Waals surface area contributed by atoms with Crippen LogP contribution in [0.1, 0.15) is 12.8 Å². The van der Waals surface area contributed by atoms with Crippen LogP contribution in [0.3, 0.4) is 0 Å². The minimum absolute atomic E-state index is 0.338. The average molecular weight is 300 g/mol. The summed E-state index contributed by atoms with van der Waals surface area (Å²) in [5.41, 5.74) is 2.47. The standard InChI is InChI=1S/C10H14BrN5O/c11-8-3-13-10(15-12)14-9(8)16-4-6-1-2-7(5-16)17-6/h3,6-7H,1-2,4-5,12H2,(H,13,14,15). The number of morpholine rings is 1. The predicted molar refractivity (Wildman–Crippen MR) is 67.7 cm³/mol. The van der Waals surface area contributed by atoms with Crippen LogP contribution in [0.2, 0.25) is 0 Å². The van der Waals surface area contributed by atoms with E-state index in [9.17, 15) is 0 Å². The van der Waals surface area contributed by atoms with Crippen molar-refractivity contribution in [3.05, 3.63) is 10.7 Å². The molecular weight excluding hydrogens is 286 g/mol. The average Bonchev–Trinajstić information content (AvgIpc) is 2.69. The van der Waals surface area contributed by atoms with E-state index in [1.54, 1.807) is 6.20 Å². The van der Waals surface area contributed by atoms with Crippen molar-refractivity contribution in [2.24, 2.45) is 5.84 Å². The number of hydrogen-bond donors (Lipinski definition) is 2. The van der Waals surface area contributed by atoms with Gasteiger partial charge in [0.15, 0.2) is 0 Å². The van der Waals surface area contributed by atoms with Crippen molar-refractivity contribution >= 4 is 27.7 Å². The minimum atomic E-state index is 0.338. The van der Waals surface area contributed by atoms with Crippen molar-refractivity contribution in [1.82, 2.24) is 9.97 Å². The Morgan fingerprint density at radius 1 is 1.41 bits per heavy atom. The molecule has 0 aromatic carbocycles. The topological polar surface area (TPSA) is 76.3 Å². The van der Waals surface area contributed by atoms with E-state index < -0.39 is 0 Å². The number of nitrogen functional groups attached to an aromatic ring is 1. The second-order valence-corrected chi connectivity index (χ2v) is 5.23. The summed E-state index contributed by atoms with van der Waals surface area (Å²) in [6.45, 7) is 1.77. The zero-order chi connectivity index (χ0) is 11.8. The highest BCUT2D eigenvalue weighted by Gasteiger charge is 2.34. The lowest BCUT2D eigenvalue weighted by atomic mass is 10.2. The van der Waals surface area contributed by atoms with E-state index in [0.717, 1.165) is 36.2 Å². The molecule has 3 N–H and O–H groups in total. The van der Waals surface area contributed by atoms with Crippen LogP contribution in [0.4, 0.5) is 11.8 Å². The first-order valence-electron chi connectivity index (χ1n) is 5.66. The number of halogens is 1. The number of hydrazine groups is 1. The van der Waals surface area contributed by atoms with E-state index in [1.807, 2.05) is 0 Å². The number of nitrogens with one attached hydrogen (secondary N) is 1. The number of anilines is 2. The van der Waals surface area contributed by atoms with Gasteiger partial charge in [0.25, 0.3) is 0 Å². The van der Waals surface area contributed by atoms with Crippen LogP contribution in [0.25, 0.3) is 0 Å². The van der Waals surface area contributed by atoms with Gasteiger partial charge >= 0.3 is 0 Å². The largest absolute Gasteiger partial charge is 0.371 e. The van der Waals surface area contributed by atoms with Gasteiger partial charge in [-0.15, -0.1) is 0 Å². The van der Waals surface area contributed by atoms with Crippen LogP contribution in [-0.4, -0.2) is 35.3 Å². The third kappa shape index (κ3) is 2.10. The molecule has 2 aliphatic rings. The second kappa shape index (κ2) is 4.40. The summed E-state index contributed by atoms with van der Waals surface area (Å²) in [6.07, 6.45) is 4.68. The molecule has 92 valence electrons. The molecule has 0 amide bonds. The first-order chi connectivity index (χ1) is 8.26. The number of aromatic nitrogens is 2. The quantitative estimate of drug-likeness (QED) is 0.624. The molecule has 2 aliphatic heterocycles. The van der Waals surface area contributed by atoms with Gasteiger partial charge in [-0.1, -0.05) is 0 Å². The summed E-state index contributed by atoms with van der Waals surface area (Å²) >= 11 is 3.48. The molecule has 0 spiro atoms. The van der Waals surface area contributed by atoms with Gasteiger partial charge in [-0.2, -0.15) is 4.98 Å². The highest BCUT2D eigenvalue weighted by Crippen LogP contribution is 2.32. The van der Waals surface area contributed by atoms with Crippen LogP contribution in [-0.2, 0) is 4.74 Å². The van der Waals surface area contributed by atoms with Gasteiger partial charge in [0.1, 0.15) is 5.82 Å². The fourth-order valence-electron chi connectivity index (χ4n) is 2.44. The van der Waals surface area contributed by atoms with E-state index in [4.69, 9.17) is 10.6 Å². The lowest BCUT2D eigenvalue weighted by Crippen LogP contribution is -2.43. The molecule has 1 aromatic heterocycles. The Bertz CT molecular complexity index is 417. The van der Waals surface area contributed by atoms with Crippen molar-refractivity contribution in [3.8, 4) is 0 Å². The van der Waals surface area contributed by atoms with Crippen LogP contribution in [0.5, 0.6) is 0 Å². The monoisotopic (exact) mass is 299 g/mol. The van der Waals surface area contributed by atoms with E-state index in [1.165, 1.54) is 0 Å². The first-order valence-corrected chi connectivity index (χ1v) is 6.45. The van der Waals surface area contributed by atoms with Crippen molar-refractivity contribution in [2.75, 3.05) is 23.4 Å². The number of nitrogens with two attached hydrogens (primary N) is 1. The zero-order valence-electron chi connectivity index (χ0n) is 9.27. The van der Waals surface area contributed by atoms with Gasteiger partial charge in [0, 0.05) is 19.3 Å². The molecular formula is C10H14BrN5O. The number of nitrogens with zero attached hydrogens (tertiary/aromatic N) is 3. The van der Waals surface area contributed by atoms with Crippen molar-refractivity contribution in [2.45, 2.75) is 25.0 Å². The zero-order valence-corrected chi connectivity index (χ0v) is 10.9.